The Labute approximate surface area is 236 Å². The molecule has 0 atom stereocenters. The summed E-state index contributed by atoms with van der Waals surface area (Å²) in [7, 11) is 0. The Morgan fingerprint density at radius 1 is 0.619 bits per heavy atom. The molecule has 4 nitrogen and oxygen atoms in total. The van der Waals surface area contributed by atoms with Crippen molar-refractivity contribution in [2.24, 2.45) is 0 Å². The minimum Gasteiger partial charge on any atom is -0.462 e. The highest BCUT2D eigenvalue weighted by Gasteiger charge is 2.89. The standard InChI is InChI=1S/C26H38F12O4/c1-3-4-5-6-9-13-21(27,28)23(31,32)25(35,36)26(37,38)24(33,34)22(29,30)14-12-17-42-20(40)19(2)18-41-16-11-8-7-10-15-39/h39H,2-18H2,1H3. The maximum absolute atomic E-state index is 14.1. The van der Waals surface area contributed by atoms with Gasteiger partial charge in [0.25, 0.3) is 0 Å². The lowest BCUT2D eigenvalue weighted by molar-refractivity contribution is -0.425. The number of carbonyl (C=O) groups excluding carboxylic acids is 1. The third kappa shape index (κ3) is 10.2. The van der Waals surface area contributed by atoms with Crippen molar-refractivity contribution in [2.75, 3.05) is 26.4 Å². The van der Waals surface area contributed by atoms with Crippen LogP contribution >= 0.6 is 0 Å². The maximum Gasteiger partial charge on any atom is 0.384 e. The van der Waals surface area contributed by atoms with Crippen LogP contribution in [0.1, 0.15) is 84.0 Å². The van der Waals surface area contributed by atoms with Gasteiger partial charge < -0.3 is 14.6 Å². The largest absolute Gasteiger partial charge is 0.462 e. The first kappa shape index (κ1) is 40.3. The number of halogens is 12. The molecular weight excluding hydrogens is 604 g/mol. The number of hydrogen-bond acceptors (Lipinski definition) is 4. The van der Waals surface area contributed by atoms with Crippen molar-refractivity contribution in [3.8, 4) is 0 Å². The Bertz CT molecular complexity index is 819. The molecule has 0 aliphatic heterocycles. The van der Waals surface area contributed by atoms with Gasteiger partial charge >= 0.3 is 41.5 Å². The summed E-state index contributed by atoms with van der Waals surface area (Å²) in [6, 6.07) is 0. The smallest absolute Gasteiger partial charge is 0.384 e. The van der Waals surface area contributed by atoms with E-state index in [2.05, 4.69) is 11.3 Å². The number of aliphatic hydroxyl groups excluding tert-OH is 1. The molecule has 0 bridgehead atoms. The van der Waals surface area contributed by atoms with Crippen molar-refractivity contribution in [3.05, 3.63) is 12.2 Å². The van der Waals surface area contributed by atoms with Gasteiger partial charge in [0.05, 0.1) is 18.8 Å². The summed E-state index contributed by atoms with van der Waals surface area (Å²) in [6.07, 6.45) is -2.88. The molecule has 42 heavy (non-hydrogen) atoms. The summed E-state index contributed by atoms with van der Waals surface area (Å²) < 4.78 is 178. The van der Waals surface area contributed by atoms with Gasteiger partial charge in [-0.05, 0) is 25.7 Å². The number of carbonyl (C=O) groups is 1. The highest BCUT2D eigenvalue weighted by Crippen LogP contribution is 2.61. The van der Waals surface area contributed by atoms with Crippen molar-refractivity contribution < 1.29 is 72.1 Å². The van der Waals surface area contributed by atoms with Crippen molar-refractivity contribution in [3.63, 3.8) is 0 Å². The number of alkyl halides is 12. The molecule has 0 amide bonds. The van der Waals surface area contributed by atoms with Crippen molar-refractivity contribution in [2.45, 2.75) is 120 Å². The van der Waals surface area contributed by atoms with E-state index in [0.717, 1.165) is 6.42 Å². The summed E-state index contributed by atoms with van der Waals surface area (Å²) in [5.74, 6) is -42.8. The predicted molar refractivity (Wildman–Crippen MR) is 129 cm³/mol. The Kier molecular flexibility index (Phi) is 16.3. The van der Waals surface area contributed by atoms with Crippen molar-refractivity contribution >= 4 is 5.97 Å². The van der Waals surface area contributed by atoms with E-state index in [0.29, 0.717) is 32.1 Å². The number of ether oxygens (including phenoxy) is 2. The second-order valence-electron chi connectivity index (χ2n) is 9.90. The molecule has 0 saturated carbocycles. The van der Waals surface area contributed by atoms with Crippen LogP contribution in [0.5, 0.6) is 0 Å². The molecule has 0 aromatic heterocycles. The first-order chi connectivity index (χ1) is 19.2. The Hall–Kier alpha value is -1.71. The Morgan fingerprint density at radius 3 is 1.57 bits per heavy atom. The first-order valence-corrected chi connectivity index (χ1v) is 13.5. The van der Waals surface area contributed by atoms with Crippen molar-refractivity contribution in [1.82, 2.24) is 0 Å². The molecule has 0 aliphatic carbocycles. The lowest BCUT2D eigenvalue weighted by Gasteiger charge is -2.41. The molecule has 0 radical (unpaired) electrons. The van der Waals surface area contributed by atoms with E-state index in [4.69, 9.17) is 9.84 Å². The van der Waals surface area contributed by atoms with E-state index in [1.165, 1.54) is 0 Å². The summed E-state index contributed by atoms with van der Waals surface area (Å²) >= 11 is 0. The van der Waals surface area contributed by atoms with Gasteiger partial charge in [-0.15, -0.1) is 0 Å². The van der Waals surface area contributed by atoms with Crippen LogP contribution in [0.25, 0.3) is 0 Å². The number of aliphatic hydroxyl groups is 1. The van der Waals surface area contributed by atoms with E-state index in [1.54, 1.807) is 6.92 Å². The zero-order chi connectivity index (χ0) is 32.9. The number of esters is 1. The van der Waals surface area contributed by atoms with Crippen LogP contribution in [0.4, 0.5) is 52.7 Å². The monoisotopic (exact) mass is 642 g/mol. The Balaban J connectivity index is 5.16. The fourth-order valence-corrected chi connectivity index (χ4v) is 3.60. The lowest BCUT2D eigenvalue weighted by atomic mass is 9.88. The molecular formula is C26H38F12O4. The fourth-order valence-electron chi connectivity index (χ4n) is 3.60. The molecule has 1 N–H and O–H groups in total. The van der Waals surface area contributed by atoms with Crippen LogP contribution in [0.15, 0.2) is 12.2 Å². The van der Waals surface area contributed by atoms with E-state index >= 15 is 0 Å². The predicted octanol–water partition coefficient (Wildman–Crippen LogP) is 8.61. The minimum absolute atomic E-state index is 0.0240. The highest BCUT2D eigenvalue weighted by molar-refractivity contribution is 5.87. The molecule has 250 valence electrons. The molecule has 16 heteroatoms. The fraction of sp³-hybridized carbons (Fsp3) is 0.885. The van der Waals surface area contributed by atoms with Gasteiger partial charge in [0, 0.05) is 26.1 Å². The molecule has 0 aromatic carbocycles. The second-order valence-corrected chi connectivity index (χ2v) is 9.90. The first-order valence-electron chi connectivity index (χ1n) is 13.5. The number of hydrogen-bond donors (Lipinski definition) is 1. The van der Waals surface area contributed by atoms with E-state index in [9.17, 15) is 57.5 Å². The molecule has 0 saturated heterocycles. The summed E-state index contributed by atoms with van der Waals surface area (Å²) in [5, 5.41) is 8.65. The van der Waals surface area contributed by atoms with Crippen LogP contribution in [-0.2, 0) is 14.3 Å². The molecule has 0 aliphatic rings. The number of rotatable bonds is 24. The highest BCUT2D eigenvalue weighted by atomic mass is 19.4. The van der Waals surface area contributed by atoms with Gasteiger partial charge in [0.2, 0.25) is 0 Å². The SMILES string of the molecule is C=C(COCCCCCCO)C(=O)OCCCC(F)(F)C(F)(F)C(F)(F)C(F)(F)C(F)(F)C(F)(F)CCCCCCC. The average molecular weight is 643 g/mol. The quantitative estimate of drug-likeness (QED) is 0.0496. The summed E-state index contributed by atoms with van der Waals surface area (Å²) in [6.45, 7) is 3.71. The summed E-state index contributed by atoms with van der Waals surface area (Å²) in [5.41, 5.74) is -0.331. The molecule has 0 rings (SSSR count). The molecule has 0 fully saturated rings. The Morgan fingerprint density at radius 2 is 1.07 bits per heavy atom. The normalized spacial score (nSPS) is 13.9. The van der Waals surface area contributed by atoms with Crippen LogP contribution in [0, 0.1) is 0 Å². The zero-order valence-corrected chi connectivity index (χ0v) is 23.2. The van der Waals surface area contributed by atoms with Crippen LogP contribution < -0.4 is 0 Å². The third-order valence-electron chi connectivity index (χ3n) is 6.33. The van der Waals surface area contributed by atoms with Crippen LogP contribution in [0.3, 0.4) is 0 Å². The van der Waals surface area contributed by atoms with Crippen LogP contribution in [0.2, 0.25) is 0 Å². The zero-order valence-electron chi connectivity index (χ0n) is 23.2. The van der Waals surface area contributed by atoms with E-state index < -0.39 is 73.8 Å². The second kappa shape index (κ2) is 17.0. The van der Waals surface area contributed by atoms with Gasteiger partial charge in [-0.25, -0.2) is 4.79 Å². The summed E-state index contributed by atoms with van der Waals surface area (Å²) in [4.78, 5) is 11.8. The van der Waals surface area contributed by atoms with Gasteiger partial charge in [-0.3, -0.25) is 0 Å². The molecule has 0 spiro atoms. The third-order valence-corrected chi connectivity index (χ3v) is 6.33. The van der Waals surface area contributed by atoms with Crippen molar-refractivity contribution in [1.29, 1.82) is 0 Å². The molecule has 0 unspecified atom stereocenters. The van der Waals surface area contributed by atoms with E-state index in [1.807, 2.05) is 0 Å². The van der Waals surface area contributed by atoms with E-state index in [-0.39, 0.29) is 38.2 Å². The van der Waals surface area contributed by atoms with Crippen LogP contribution in [-0.4, -0.2) is 73.0 Å². The molecule has 0 aromatic rings. The number of unbranched alkanes of at least 4 members (excludes halogenated alkanes) is 7. The van der Waals surface area contributed by atoms with Gasteiger partial charge in [0.1, 0.15) is 0 Å². The van der Waals surface area contributed by atoms with Gasteiger partial charge in [0.15, 0.2) is 0 Å². The van der Waals surface area contributed by atoms with Gasteiger partial charge in [-0.1, -0.05) is 52.0 Å². The maximum atomic E-state index is 14.1. The average Bonchev–Trinajstić information content (AvgIpc) is 2.89. The lowest BCUT2D eigenvalue weighted by Crippen LogP contribution is -2.70. The topological polar surface area (TPSA) is 55.8 Å². The molecule has 0 heterocycles. The minimum atomic E-state index is -7.61. The van der Waals surface area contributed by atoms with Gasteiger partial charge in [-0.2, -0.15) is 52.7 Å².